The molecule has 0 saturated carbocycles. The van der Waals surface area contributed by atoms with E-state index in [9.17, 15) is 14.0 Å². The van der Waals surface area contributed by atoms with Crippen molar-refractivity contribution in [3.05, 3.63) is 59.9 Å². The third kappa shape index (κ3) is 4.73. The van der Waals surface area contributed by atoms with Gasteiger partial charge in [0, 0.05) is 36.0 Å². The molecule has 1 aliphatic heterocycles. The maximum Gasteiger partial charge on any atom is 0.220 e. The first-order chi connectivity index (χ1) is 13.0. The van der Waals surface area contributed by atoms with Crippen LogP contribution in [0, 0.1) is 5.82 Å². The Labute approximate surface area is 156 Å². The number of halogens is 1. The lowest BCUT2D eigenvalue weighted by Crippen LogP contribution is -2.12. The molecular weight excluding hydrogens is 345 g/mol. The van der Waals surface area contributed by atoms with Crippen molar-refractivity contribution in [3.63, 3.8) is 0 Å². The summed E-state index contributed by atoms with van der Waals surface area (Å²) in [5.41, 5.74) is 9.11. The molecule has 4 N–H and O–H groups in total. The third-order valence-electron chi connectivity index (χ3n) is 4.47. The SMILES string of the molecule is NC(=O)CCc1c(-c2ccc(F)cc2)[nH]c2ccccc12.O=C1CCCN1. The van der Waals surface area contributed by atoms with Crippen LogP contribution in [0.4, 0.5) is 4.39 Å². The molecule has 5 nitrogen and oxygen atoms in total. The highest BCUT2D eigenvalue weighted by atomic mass is 19.1. The van der Waals surface area contributed by atoms with Crippen molar-refractivity contribution in [1.82, 2.24) is 10.3 Å². The van der Waals surface area contributed by atoms with Crippen LogP contribution in [0.2, 0.25) is 0 Å². The molecule has 0 unspecified atom stereocenters. The number of para-hydroxylation sites is 1. The standard InChI is InChI=1S/C17H15FN2O.C4H7NO/c18-12-7-5-11(6-8-12)17-14(9-10-16(19)21)13-3-1-2-4-15(13)20-17;6-4-2-1-3-5-4/h1-8,20H,9-10H2,(H2,19,21);1-3H2,(H,5,6). The lowest BCUT2D eigenvalue weighted by atomic mass is 10.0. The number of hydrogen-bond acceptors (Lipinski definition) is 2. The van der Waals surface area contributed by atoms with Gasteiger partial charge in [-0.2, -0.15) is 0 Å². The summed E-state index contributed by atoms with van der Waals surface area (Å²) >= 11 is 0. The van der Waals surface area contributed by atoms with Crippen LogP contribution in [0.15, 0.2) is 48.5 Å². The summed E-state index contributed by atoms with van der Waals surface area (Å²) < 4.78 is 13.1. The van der Waals surface area contributed by atoms with Crippen molar-refractivity contribution >= 4 is 22.7 Å². The van der Waals surface area contributed by atoms with Gasteiger partial charge in [-0.05, 0) is 54.3 Å². The number of carbonyl (C=O) groups excluding carboxylic acids is 2. The van der Waals surface area contributed by atoms with E-state index in [0.29, 0.717) is 6.42 Å². The molecule has 1 saturated heterocycles. The van der Waals surface area contributed by atoms with Crippen molar-refractivity contribution in [3.8, 4) is 11.3 Å². The number of primary amides is 1. The van der Waals surface area contributed by atoms with Crippen molar-refractivity contribution in [2.24, 2.45) is 5.73 Å². The summed E-state index contributed by atoms with van der Waals surface area (Å²) in [4.78, 5) is 24.6. The monoisotopic (exact) mass is 367 g/mol. The summed E-state index contributed by atoms with van der Waals surface area (Å²) in [6.07, 6.45) is 2.61. The summed E-state index contributed by atoms with van der Waals surface area (Å²) in [5.74, 6) is -0.395. The summed E-state index contributed by atoms with van der Waals surface area (Å²) in [6, 6.07) is 14.2. The first-order valence-electron chi connectivity index (χ1n) is 8.95. The molecule has 6 heteroatoms. The van der Waals surface area contributed by atoms with Crippen molar-refractivity contribution in [1.29, 1.82) is 0 Å². The van der Waals surface area contributed by atoms with E-state index in [1.165, 1.54) is 12.1 Å². The van der Waals surface area contributed by atoms with Crippen LogP contribution in [0.25, 0.3) is 22.2 Å². The van der Waals surface area contributed by atoms with E-state index in [1.54, 1.807) is 12.1 Å². The zero-order valence-corrected chi connectivity index (χ0v) is 14.9. The van der Waals surface area contributed by atoms with E-state index in [-0.39, 0.29) is 24.1 Å². The summed E-state index contributed by atoms with van der Waals surface area (Å²) in [6.45, 7) is 0.888. The second-order valence-corrected chi connectivity index (χ2v) is 6.45. The van der Waals surface area contributed by atoms with Gasteiger partial charge in [0.1, 0.15) is 5.82 Å². The minimum atomic E-state index is -0.328. The molecule has 27 heavy (non-hydrogen) atoms. The molecule has 1 aliphatic rings. The molecule has 2 aromatic carbocycles. The van der Waals surface area contributed by atoms with E-state index in [1.807, 2.05) is 24.3 Å². The molecular formula is C21H22FN3O2. The number of aromatic nitrogens is 1. The van der Waals surface area contributed by atoms with Gasteiger partial charge in [0.25, 0.3) is 0 Å². The normalized spacial score (nSPS) is 13.1. The van der Waals surface area contributed by atoms with Crippen molar-refractivity contribution in [2.45, 2.75) is 25.7 Å². The van der Waals surface area contributed by atoms with E-state index in [0.717, 1.165) is 47.1 Å². The first kappa shape index (κ1) is 18.6. The average molecular weight is 367 g/mol. The second kappa shape index (κ2) is 8.49. The Morgan fingerprint density at radius 1 is 1.11 bits per heavy atom. The maximum atomic E-state index is 13.1. The van der Waals surface area contributed by atoms with Crippen LogP contribution in [-0.2, 0) is 16.0 Å². The fourth-order valence-electron chi connectivity index (χ4n) is 3.14. The smallest absolute Gasteiger partial charge is 0.220 e. The molecule has 2 heterocycles. The first-order valence-corrected chi connectivity index (χ1v) is 8.95. The minimum absolute atomic E-state index is 0.204. The number of nitrogens with one attached hydrogen (secondary N) is 2. The van der Waals surface area contributed by atoms with Gasteiger partial charge in [-0.1, -0.05) is 18.2 Å². The lowest BCUT2D eigenvalue weighted by molar-refractivity contribution is -0.119. The molecule has 140 valence electrons. The predicted octanol–water partition coefficient (Wildman–Crippen LogP) is 3.29. The van der Waals surface area contributed by atoms with Gasteiger partial charge in [-0.15, -0.1) is 0 Å². The van der Waals surface area contributed by atoms with Crippen LogP contribution in [-0.4, -0.2) is 23.3 Å². The molecule has 4 rings (SSSR count). The Morgan fingerprint density at radius 2 is 1.85 bits per heavy atom. The minimum Gasteiger partial charge on any atom is -0.370 e. The number of benzene rings is 2. The summed E-state index contributed by atoms with van der Waals surface area (Å²) in [5, 5.41) is 3.75. The molecule has 0 bridgehead atoms. The molecule has 0 spiro atoms. The summed E-state index contributed by atoms with van der Waals surface area (Å²) in [7, 11) is 0. The zero-order valence-electron chi connectivity index (χ0n) is 14.9. The fourth-order valence-corrected chi connectivity index (χ4v) is 3.14. The van der Waals surface area contributed by atoms with Crippen LogP contribution < -0.4 is 11.1 Å². The number of aromatic amines is 1. The third-order valence-corrected chi connectivity index (χ3v) is 4.47. The van der Waals surface area contributed by atoms with Gasteiger partial charge in [0.15, 0.2) is 0 Å². The van der Waals surface area contributed by atoms with Gasteiger partial charge < -0.3 is 16.0 Å². The highest BCUT2D eigenvalue weighted by Gasteiger charge is 2.13. The number of carbonyl (C=O) groups is 2. The Hall–Kier alpha value is -3.15. The van der Waals surface area contributed by atoms with Gasteiger partial charge >= 0.3 is 0 Å². The number of aryl methyl sites for hydroxylation is 1. The van der Waals surface area contributed by atoms with E-state index in [4.69, 9.17) is 5.73 Å². The van der Waals surface area contributed by atoms with Gasteiger partial charge in [-0.3, -0.25) is 9.59 Å². The molecule has 1 fully saturated rings. The number of hydrogen-bond donors (Lipinski definition) is 3. The van der Waals surface area contributed by atoms with Crippen LogP contribution in [0.1, 0.15) is 24.8 Å². The molecule has 1 aromatic heterocycles. The zero-order chi connectivity index (χ0) is 19.2. The molecule has 3 aromatic rings. The largest absolute Gasteiger partial charge is 0.370 e. The van der Waals surface area contributed by atoms with Gasteiger partial charge in [-0.25, -0.2) is 4.39 Å². The van der Waals surface area contributed by atoms with E-state index in [2.05, 4.69) is 10.3 Å². The fraction of sp³-hybridized carbons (Fsp3) is 0.238. The topological polar surface area (TPSA) is 88.0 Å². The quantitative estimate of drug-likeness (QED) is 0.661. The van der Waals surface area contributed by atoms with E-state index < -0.39 is 0 Å². The van der Waals surface area contributed by atoms with Gasteiger partial charge in [0.2, 0.25) is 11.8 Å². The average Bonchev–Trinajstić information content (AvgIpc) is 3.28. The molecule has 0 radical (unpaired) electrons. The molecule has 0 aliphatic carbocycles. The number of H-pyrrole nitrogens is 1. The lowest BCUT2D eigenvalue weighted by Gasteiger charge is -2.04. The number of nitrogens with two attached hydrogens (primary N) is 1. The highest BCUT2D eigenvalue weighted by Crippen LogP contribution is 2.31. The van der Waals surface area contributed by atoms with E-state index >= 15 is 0 Å². The van der Waals surface area contributed by atoms with Crippen LogP contribution >= 0.6 is 0 Å². The number of fused-ring (bicyclic) bond motifs is 1. The van der Waals surface area contributed by atoms with Crippen LogP contribution in [0.3, 0.4) is 0 Å². The molecule has 2 amide bonds. The van der Waals surface area contributed by atoms with Gasteiger partial charge in [0.05, 0.1) is 0 Å². The maximum absolute atomic E-state index is 13.1. The number of rotatable bonds is 4. The van der Waals surface area contributed by atoms with Crippen molar-refractivity contribution < 1.29 is 14.0 Å². The predicted molar refractivity (Wildman–Crippen MR) is 103 cm³/mol. The Kier molecular flexibility index (Phi) is 5.86. The Balaban J connectivity index is 0.000000299. The van der Waals surface area contributed by atoms with Crippen molar-refractivity contribution in [2.75, 3.05) is 6.54 Å². The number of amides is 2. The van der Waals surface area contributed by atoms with Crippen LogP contribution in [0.5, 0.6) is 0 Å². The molecule has 0 atom stereocenters. The Morgan fingerprint density at radius 3 is 2.44 bits per heavy atom. The highest BCUT2D eigenvalue weighted by molar-refractivity contribution is 5.91. The second-order valence-electron chi connectivity index (χ2n) is 6.45. The Bertz CT molecular complexity index is 940.